The second-order valence-electron chi connectivity index (χ2n) is 6.55. The van der Waals surface area contributed by atoms with E-state index >= 15 is 0 Å². The van der Waals surface area contributed by atoms with Gasteiger partial charge in [-0.15, -0.1) is 0 Å². The van der Waals surface area contributed by atoms with Crippen LogP contribution in [0, 0.1) is 5.41 Å². The highest BCUT2D eigenvalue weighted by atomic mass is 14.0. The van der Waals surface area contributed by atoms with Crippen molar-refractivity contribution in [2.45, 2.75) is 117 Å². The second kappa shape index (κ2) is 27.1. The summed E-state index contributed by atoms with van der Waals surface area (Å²) < 4.78 is 0. The molecule has 0 rings (SSSR count). The van der Waals surface area contributed by atoms with Crippen molar-refractivity contribution in [1.82, 2.24) is 0 Å². The first-order chi connectivity index (χ1) is 8.01. The molecule has 0 radical (unpaired) electrons. The highest BCUT2D eigenvalue weighted by Gasteiger charge is 1.95. The molecule has 0 saturated carbocycles. The number of hydrogen-bond acceptors (Lipinski definition) is 0. The molecule has 0 heteroatoms. The zero-order chi connectivity index (χ0) is 15.8. The topological polar surface area (TPSA) is 0 Å². The van der Waals surface area contributed by atoms with Gasteiger partial charge < -0.3 is 0 Å². The van der Waals surface area contributed by atoms with Gasteiger partial charge in [0.1, 0.15) is 0 Å². The van der Waals surface area contributed by atoms with E-state index in [1.807, 2.05) is 0 Å². The minimum atomic E-state index is 0. The average molecular weight is 291 g/mol. The third-order valence-electron chi connectivity index (χ3n) is 1.38. The molecule has 130 valence electrons. The maximum atomic E-state index is 2.19. The van der Waals surface area contributed by atoms with Gasteiger partial charge in [-0.2, -0.15) is 0 Å². The van der Waals surface area contributed by atoms with Crippen molar-refractivity contribution in [2.75, 3.05) is 0 Å². The van der Waals surface area contributed by atoms with Crippen LogP contribution >= 0.6 is 0 Å². The van der Waals surface area contributed by atoms with Gasteiger partial charge in [-0.3, -0.25) is 0 Å². The van der Waals surface area contributed by atoms with Crippen LogP contribution in [0.4, 0.5) is 0 Å². The molecule has 0 aromatic rings. The predicted octanol–water partition coefficient (Wildman–Crippen LogP) is 8.91. The maximum Gasteiger partial charge on any atom is -0.0349 e. The molecule has 0 bridgehead atoms. The fourth-order valence-corrected chi connectivity index (χ4v) is 0.354. The lowest BCUT2D eigenvalue weighted by Crippen LogP contribution is -1.93. The summed E-state index contributed by atoms with van der Waals surface area (Å²) in [5.41, 5.74) is 3.47. The van der Waals surface area contributed by atoms with Crippen LogP contribution in [0.5, 0.6) is 0 Å². The van der Waals surface area contributed by atoms with Gasteiger partial charge in [-0.1, -0.05) is 101 Å². The fraction of sp³-hybridized carbons (Fsp3) is 0.900. The minimum Gasteiger partial charge on any atom is -0.0776 e. The SMILES string of the molecule is C.C.CC(C)(C)C.CCC.CCC.CCC(C)=C(C)C. The van der Waals surface area contributed by atoms with Crippen molar-refractivity contribution >= 4 is 0 Å². The molecule has 0 spiro atoms. The Morgan fingerprint density at radius 1 is 0.650 bits per heavy atom. The summed E-state index contributed by atoms with van der Waals surface area (Å²) >= 11 is 0. The van der Waals surface area contributed by atoms with Gasteiger partial charge in [0, 0.05) is 0 Å². The van der Waals surface area contributed by atoms with Gasteiger partial charge in [0.15, 0.2) is 0 Å². The van der Waals surface area contributed by atoms with Crippen LogP contribution in [-0.2, 0) is 0 Å². The number of allylic oxidation sites excluding steroid dienone is 2. The predicted molar refractivity (Wildman–Crippen MR) is 105 cm³/mol. The van der Waals surface area contributed by atoms with Crippen molar-refractivity contribution in [3.8, 4) is 0 Å². The Labute approximate surface area is 134 Å². The van der Waals surface area contributed by atoms with Crippen LogP contribution in [0.15, 0.2) is 11.1 Å². The molecule has 0 unspecified atom stereocenters. The second-order valence-corrected chi connectivity index (χ2v) is 6.55. The summed E-state index contributed by atoms with van der Waals surface area (Å²) in [4.78, 5) is 0. The Morgan fingerprint density at radius 2 is 0.800 bits per heavy atom. The normalized spacial score (nSPS) is 7.80. The first-order valence-corrected chi connectivity index (χ1v) is 7.64. The van der Waals surface area contributed by atoms with Gasteiger partial charge in [0.2, 0.25) is 0 Å². The molecule has 0 aromatic heterocycles. The monoisotopic (exact) mass is 290 g/mol. The van der Waals surface area contributed by atoms with Crippen molar-refractivity contribution < 1.29 is 0 Å². The van der Waals surface area contributed by atoms with E-state index in [0.717, 1.165) is 0 Å². The Morgan fingerprint density at radius 3 is 0.800 bits per heavy atom. The summed E-state index contributed by atoms with van der Waals surface area (Å²) in [5.74, 6) is 0. The van der Waals surface area contributed by atoms with Gasteiger partial charge in [-0.05, 0) is 32.6 Å². The molecule has 0 nitrogen and oxygen atoms in total. The van der Waals surface area contributed by atoms with E-state index in [9.17, 15) is 0 Å². The molecule has 0 amide bonds. The smallest absolute Gasteiger partial charge is 0.0349 e. The van der Waals surface area contributed by atoms with E-state index in [4.69, 9.17) is 0 Å². The van der Waals surface area contributed by atoms with Crippen LogP contribution in [0.1, 0.15) is 117 Å². The largest absolute Gasteiger partial charge is 0.0776 e. The van der Waals surface area contributed by atoms with Crippen molar-refractivity contribution in [3.05, 3.63) is 11.1 Å². The maximum absolute atomic E-state index is 2.19. The third-order valence-corrected chi connectivity index (χ3v) is 1.38. The van der Waals surface area contributed by atoms with Gasteiger partial charge in [0.05, 0.1) is 0 Å². The zero-order valence-corrected chi connectivity index (χ0v) is 15.6. The van der Waals surface area contributed by atoms with E-state index in [1.54, 1.807) is 0 Å². The molecular formula is C20H50. The Balaban J connectivity index is -0.0000000337. The molecule has 0 atom stereocenters. The van der Waals surface area contributed by atoms with E-state index in [0.29, 0.717) is 5.41 Å². The lowest BCUT2D eigenvalue weighted by molar-refractivity contribution is 0.469. The minimum absolute atomic E-state index is 0. The Kier molecular flexibility index (Phi) is 49.8. The molecule has 0 aliphatic heterocycles. The average Bonchev–Trinajstić information content (AvgIpc) is 2.16. The standard InChI is InChI=1S/C7H14.C5H12.2C3H8.2CH4/c1-5-7(4)6(2)3;1-5(2,3)4;2*1-3-2;;/h5H2,1-4H3;1-4H3;2*3H2,1-2H3;2*1H4. The number of hydrogen-bond donors (Lipinski definition) is 0. The van der Waals surface area contributed by atoms with E-state index in [2.05, 4.69) is 83.1 Å². The molecule has 0 aliphatic carbocycles. The number of rotatable bonds is 1. The highest BCUT2D eigenvalue weighted by Crippen LogP contribution is 2.08. The third kappa shape index (κ3) is 151. The lowest BCUT2D eigenvalue weighted by atomic mass is 10.0. The summed E-state index contributed by atoms with van der Waals surface area (Å²) in [6, 6.07) is 0. The lowest BCUT2D eigenvalue weighted by Gasteiger charge is -2.05. The summed E-state index contributed by atoms with van der Waals surface area (Å²) in [5, 5.41) is 0. The fourth-order valence-electron chi connectivity index (χ4n) is 0.354. The van der Waals surface area contributed by atoms with E-state index in [1.165, 1.54) is 30.4 Å². The summed E-state index contributed by atoms with van der Waals surface area (Å²) in [7, 11) is 0. The molecule has 0 heterocycles. The first kappa shape index (κ1) is 36.7. The molecule has 0 N–H and O–H groups in total. The van der Waals surface area contributed by atoms with Crippen LogP contribution in [0.3, 0.4) is 0 Å². The van der Waals surface area contributed by atoms with Crippen molar-refractivity contribution in [1.29, 1.82) is 0 Å². The summed E-state index contributed by atoms with van der Waals surface area (Å²) in [6.07, 6.45) is 3.70. The molecular weight excluding hydrogens is 240 g/mol. The van der Waals surface area contributed by atoms with Crippen molar-refractivity contribution in [3.63, 3.8) is 0 Å². The van der Waals surface area contributed by atoms with Crippen LogP contribution < -0.4 is 0 Å². The van der Waals surface area contributed by atoms with Gasteiger partial charge in [0.25, 0.3) is 0 Å². The van der Waals surface area contributed by atoms with Gasteiger partial charge in [-0.25, -0.2) is 0 Å². The Bertz CT molecular complexity index is 143. The van der Waals surface area contributed by atoms with Crippen LogP contribution in [0.25, 0.3) is 0 Å². The molecule has 0 saturated heterocycles. The van der Waals surface area contributed by atoms with E-state index in [-0.39, 0.29) is 14.9 Å². The van der Waals surface area contributed by atoms with Gasteiger partial charge >= 0.3 is 0 Å². The quantitative estimate of drug-likeness (QED) is 0.423. The molecule has 0 aromatic carbocycles. The van der Waals surface area contributed by atoms with E-state index < -0.39 is 0 Å². The molecule has 20 heavy (non-hydrogen) atoms. The van der Waals surface area contributed by atoms with Crippen LogP contribution in [-0.4, -0.2) is 0 Å². The first-order valence-electron chi connectivity index (χ1n) is 7.64. The highest BCUT2D eigenvalue weighted by molar-refractivity contribution is 5.05. The van der Waals surface area contributed by atoms with Crippen LogP contribution in [0.2, 0.25) is 0 Å². The zero-order valence-electron chi connectivity index (χ0n) is 15.6. The van der Waals surface area contributed by atoms with Crippen molar-refractivity contribution in [2.24, 2.45) is 5.41 Å². The summed E-state index contributed by atoms with van der Waals surface area (Å²) in [6.45, 7) is 25.9. The molecule has 0 fully saturated rings. The molecule has 0 aliphatic rings. The Hall–Kier alpha value is -0.260.